The number of anilines is 2. The minimum atomic E-state index is -0.542. The Balaban J connectivity index is 1.32. The molecule has 0 aliphatic heterocycles. The normalized spacial score (nSPS) is 11.6. The van der Waals surface area contributed by atoms with Gasteiger partial charge in [0.1, 0.15) is 12.4 Å². The third-order valence-electron chi connectivity index (χ3n) is 6.32. The number of para-hydroxylation sites is 1. The Bertz CT molecular complexity index is 1270. The summed E-state index contributed by atoms with van der Waals surface area (Å²) in [5.41, 5.74) is 5.60. The average molecular weight is 486 g/mol. The van der Waals surface area contributed by atoms with E-state index in [9.17, 15) is 4.39 Å². The van der Waals surface area contributed by atoms with E-state index in [1.807, 2.05) is 49.4 Å². The monoisotopic (exact) mass is 485 g/mol. The van der Waals surface area contributed by atoms with Crippen LogP contribution in [0.25, 0.3) is 10.9 Å². The Morgan fingerprint density at radius 1 is 0.917 bits per heavy atom. The van der Waals surface area contributed by atoms with Gasteiger partial charge in [-0.15, -0.1) is 0 Å². The summed E-state index contributed by atoms with van der Waals surface area (Å²) < 4.78 is 19.6. The standard InChI is InChI=1S/C31H36FN3O/c1-23-18-30(28-12-7-8-13-29(28)34-23)35-26-19-25(22-32)20-27(21-26)36-17-9-16-33-31(2,3)15-14-24-10-5-4-6-11-24/h4-8,10-13,18-21,33H,9,14-17,22H2,1-3H3,(H,34,35). The van der Waals surface area contributed by atoms with E-state index in [1.54, 1.807) is 6.07 Å². The van der Waals surface area contributed by atoms with Gasteiger partial charge in [-0.05, 0) is 82.0 Å². The second-order valence-corrected chi connectivity index (χ2v) is 9.95. The van der Waals surface area contributed by atoms with Crippen LogP contribution in [0.15, 0.2) is 78.9 Å². The molecule has 0 atom stereocenters. The van der Waals surface area contributed by atoms with Gasteiger partial charge < -0.3 is 15.4 Å². The third-order valence-corrected chi connectivity index (χ3v) is 6.32. The van der Waals surface area contributed by atoms with Crippen molar-refractivity contribution in [3.8, 4) is 5.75 Å². The smallest absolute Gasteiger partial charge is 0.121 e. The summed E-state index contributed by atoms with van der Waals surface area (Å²) in [4.78, 5) is 4.60. The van der Waals surface area contributed by atoms with Crippen molar-refractivity contribution in [3.63, 3.8) is 0 Å². The Kier molecular flexibility index (Phi) is 8.55. The molecule has 4 rings (SSSR count). The van der Waals surface area contributed by atoms with Crippen molar-refractivity contribution in [2.75, 3.05) is 18.5 Å². The lowest BCUT2D eigenvalue weighted by molar-refractivity contribution is 0.289. The molecular formula is C31H36FN3O. The van der Waals surface area contributed by atoms with E-state index in [-0.39, 0.29) is 5.54 Å². The van der Waals surface area contributed by atoms with Crippen molar-refractivity contribution in [2.24, 2.45) is 0 Å². The number of nitrogens with one attached hydrogen (secondary N) is 2. The van der Waals surface area contributed by atoms with Gasteiger partial charge in [-0.1, -0.05) is 48.5 Å². The van der Waals surface area contributed by atoms with Crippen LogP contribution < -0.4 is 15.4 Å². The first kappa shape index (κ1) is 25.6. The largest absolute Gasteiger partial charge is 0.493 e. The van der Waals surface area contributed by atoms with Crippen LogP contribution in [-0.4, -0.2) is 23.7 Å². The lowest BCUT2D eigenvalue weighted by Crippen LogP contribution is -2.40. The number of nitrogens with zero attached hydrogens (tertiary/aromatic N) is 1. The zero-order valence-corrected chi connectivity index (χ0v) is 21.5. The van der Waals surface area contributed by atoms with Gasteiger partial charge in [-0.25, -0.2) is 4.39 Å². The topological polar surface area (TPSA) is 46.2 Å². The van der Waals surface area contributed by atoms with Crippen LogP contribution in [0.4, 0.5) is 15.8 Å². The summed E-state index contributed by atoms with van der Waals surface area (Å²) in [5.74, 6) is 0.672. The van der Waals surface area contributed by atoms with Crippen LogP contribution in [0.3, 0.4) is 0 Å². The number of hydrogen-bond acceptors (Lipinski definition) is 4. The molecule has 0 radical (unpaired) electrons. The molecule has 0 bridgehead atoms. The van der Waals surface area contributed by atoms with Gasteiger partial charge in [0.05, 0.1) is 12.1 Å². The third kappa shape index (κ3) is 7.28. The number of ether oxygens (including phenoxy) is 1. The summed E-state index contributed by atoms with van der Waals surface area (Å²) in [7, 11) is 0. The quantitative estimate of drug-likeness (QED) is 0.204. The number of aromatic nitrogens is 1. The first-order valence-electron chi connectivity index (χ1n) is 12.7. The molecule has 188 valence electrons. The Hall–Kier alpha value is -3.44. The van der Waals surface area contributed by atoms with E-state index in [4.69, 9.17) is 4.74 Å². The molecule has 1 aromatic heterocycles. The Morgan fingerprint density at radius 2 is 1.69 bits per heavy atom. The molecule has 0 spiro atoms. The lowest BCUT2D eigenvalue weighted by Gasteiger charge is -2.26. The molecule has 0 fully saturated rings. The number of fused-ring (bicyclic) bond motifs is 1. The number of rotatable bonds is 12. The molecule has 0 unspecified atom stereocenters. The number of pyridine rings is 1. The molecule has 0 aliphatic carbocycles. The summed E-state index contributed by atoms with van der Waals surface area (Å²) >= 11 is 0. The zero-order chi connectivity index (χ0) is 25.4. The van der Waals surface area contributed by atoms with E-state index in [0.717, 1.165) is 53.8 Å². The maximum Gasteiger partial charge on any atom is 0.121 e. The van der Waals surface area contributed by atoms with Crippen LogP contribution in [-0.2, 0) is 13.1 Å². The summed E-state index contributed by atoms with van der Waals surface area (Å²) in [6.45, 7) is 7.33. The predicted octanol–water partition coefficient (Wildman–Crippen LogP) is 7.53. The van der Waals surface area contributed by atoms with Crippen LogP contribution in [0.5, 0.6) is 5.75 Å². The maximum atomic E-state index is 13.6. The van der Waals surface area contributed by atoms with Crippen LogP contribution in [0.1, 0.15) is 43.5 Å². The molecule has 3 aromatic carbocycles. The first-order valence-corrected chi connectivity index (χ1v) is 12.7. The number of alkyl halides is 1. The fourth-order valence-electron chi connectivity index (χ4n) is 4.34. The summed E-state index contributed by atoms with van der Waals surface area (Å²) in [6, 6.07) is 26.1. The molecule has 0 aliphatic rings. The molecule has 4 nitrogen and oxygen atoms in total. The highest BCUT2D eigenvalue weighted by molar-refractivity contribution is 5.93. The summed E-state index contributed by atoms with van der Waals surface area (Å²) in [5, 5.41) is 8.12. The molecule has 0 saturated carbocycles. The second kappa shape index (κ2) is 12.0. The second-order valence-electron chi connectivity index (χ2n) is 9.95. The highest BCUT2D eigenvalue weighted by atomic mass is 19.1. The molecule has 5 heteroatoms. The molecular weight excluding hydrogens is 449 g/mol. The molecule has 1 heterocycles. The fourth-order valence-corrected chi connectivity index (χ4v) is 4.34. The van der Waals surface area contributed by atoms with Crippen molar-refractivity contribution in [3.05, 3.63) is 95.7 Å². The predicted molar refractivity (Wildman–Crippen MR) is 148 cm³/mol. The van der Waals surface area contributed by atoms with E-state index >= 15 is 0 Å². The van der Waals surface area contributed by atoms with E-state index in [0.29, 0.717) is 17.9 Å². The van der Waals surface area contributed by atoms with Crippen LogP contribution in [0.2, 0.25) is 0 Å². The lowest BCUT2D eigenvalue weighted by atomic mass is 9.95. The Labute approximate surface area is 213 Å². The van der Waals surface area contributed by atoms with Gasteiger partial charge in [0.2, 0.25) is 0 Å². The van der Waals surface area contributed by atoms with Crippen molar-refractivity contribution < 1.29 is 9.13 Å². The number of benzene rings is 3. The van der Waals surface area contributed by atoms with Crippen molar-refractivity contribution in [2.45, 2.75) is 52.2 Å². The van der Waals surface area contributed by atoms with Crippen LogP contribution >= 0.6 is 0 Å². The van der Waals surface area contributed by atoms with Gasteiger partial charge in [-0.2, -0.15) is 0 Å². The zero-order valence-electron chi connectivity index (χ0n) is 21.5. The molecule has 0 saturated heterocycles. The highest BCUT2D eigenvalue weighted by Crippen LogP contribution is 2.29. The first-order chi connectivity index (χ1) is 17.4. The van der Waals surface area contributed by atoms with Crippen LogP contribution in [0, 0.1) is 6.92 Å². The van der Waals surface area contributed by atoms with Crippen molar-refractivity contribution >= 4 is 22.3 Å². The summed E-state index contributed by atoms with van der Waals surface area (Å²) in [6.07, 6.45) is 2.98. The van der Waals surface area contributed by atoms with Gasteiger partial charge in [0, 0.05) is 34.1 Å². The van der Waals surface area contributed by atoms with Crippen molar-refractivity contribution in [1.29, 1.82) is 0 Å². The Morgan fingerprint density at radius 3 is 2.50 bits per heavy atom. The minimum absolute atomic E-state index is 0.0481. The van der Waals surface area contributed by atoms with E-state index < -0.39 is 6.67 Å². The fraction of sp³-hybridized carbons (Fsp3) is 0.323. The van der Waals surface area contributed by atoms with E-state index in [2.05, 4.69) is 59.8 Å². The van der Waals surface area contributed by atoms with Gasteiger partial charge in [0.25, 0.3) is 0 Å². The molecule has 4 aromatic rings. The molecule has 36 heavy (non-hydrogen) atoms. The van der Waals surface area contributed by atoms with Gasteiger partial charge in [0.15, 0.2) is 0 Å². The van der Waals surface area contributed by atoms with Gasteiger partial charge in [-0.3, -0.25) is 4.98 Å². The van der Waals surface area contributed by atoms with E-state index in [1.165, 1.54) is 5.56 Å². The highest BCUT2D eigenvalue weighted by Gasteiger charge is 2.16. The number of hydrogen-bond donors (Lipinski definition) is 2. The SMILES string of the molecule is Cc1cc(Nc2cc(CF)cc(OCCCNC(C)(C)CCc3ccccc3)c2)c2ccccc2n1. The molecule has 2 N–H and O–H groups in total. The number of halogens is 1. The maximum absolute atomic E-state index is 13.6. The minimum Gasteiger partial charge on any atom is -0.493 e. The van der Waals surface area contributed by atoms with Crippen molar-refractivity contribution in [1.82, 2.24) is 10.3 Å². The average Bonchev–Trinajstić information content (AvgIpc) is 2.87. The number of aryl methyl sites for hydroxylation is 2. The molecule has 0 amide bonds. The van der Waals surface area contributed by atoms with Gasteiger partial charge >= 0.3 is 0 Å².